The summed E-state index contributed by atoms with van der Waals surface area (Å²) in [7, 11) is 0. The highest BCUT2D eigenvalue weighted by atomic mass is 16.3. The van der Waals surface area contributed by atoms with E-state index in [1.165, 1.54) is 6.26 Å². The van der Waals surface area contributed by atoms with Crippen LogP contribution in [0.4, 0.5) is 0 Å². The summed E-state index contributed by atoms with van der Waals surface area (Å²) in [5, 5.41) is 2.81. The molecule has 1 aromatic carbocycles. The van der Waals surface area contributed by atoms with Crippen LogP contribution in [0.2, 0.25) is 0 Å². The normalized spacial score (nSPS) is 10.9. The lowest BCUT2D eigenvalue weighted by Gasteiger charge is -2.22. The molecular weight excluding hydrogens is 356 g/mol. The molecule has 148 valence electrons. The van der Waals surface area contributed by atoms with Gasteiger partial charge in [0.1, 0.15) is 12.4 Å². The number of hydrogen-bond donors (Lipinski definition) is 1. The minimum Gasteiger partial charge on any atom is -0.459 e. The summed E-state index contributed by atoms with van der Waals surface area (Å²) in [5.74, 6) is 0.636. The smallest absolute Gasteiger partial charge is 0.287 e. The van der Waals surface area contributed by atoms with Crippen LogP contribution in [0.1, 0.15) is 43.1 Å². The zero-order valence-corrected chi connectivity index (χ0v) is 16.4. The molecule has 2 heterocycles. The van der Waals surface area contributed by atoms with E-state index < -0.39 is 0 Å². The van der Waals surface area contributed by atoms with E-state index >= 15 is 0 Å². The van der Waals surface area contributed by atoms with Crippen molar-refractivity contribution >= 4 is 22.8 Å². The van der Waals surface area contributed by atoms with Gasteiger partial charge in [0, 0.05) is 13.1 Å². The third-order valence-electron chi connectivity index (χ3n) is 4.52. The van der Waals surface area contributed by atoms with Gasteiger partial charge in [-0.2, -0.15) is 0 Å². The summed E-state index contributed by atoms with van der Waals surface area (Å²) in [6, 6.07) is 11.0. The molecule has 0 radical (unpaired) electrons. The maximum Gasteiger partial charge on any atom is 0.287 e. The molecule has 7 heteroatoms. The van der Waals surface area contributed by atoms with E-state index in [4.69, 9.17) is 4.42 Å². The predicted octanol–water partition coefficient (Wildman–Crippen LogP) is 3.21. The fourth-order valence-electron chi connectivity index (χ4n) is 3.23. The van der Waals surface area contributed by atoms with Crippen LogP contribution in [0.3, 0.4) is 0 Å². The maximum absolute atomic E-state index is 12.9. The van der Waals surface area contributed by atoms with E-state index in [0.29, 0.717) is 5.82 Å². The van der Waals surface area contributed by atoms with Crippen LogP contribution in [-0.4, -0.2) is 39.4 Å². The first-order chi connectivity index (χ1) is 13.6. The first-order valence-electron chi connectivity index (χ1n) is 9.67. The number of carbonyl (C=O) groups excluding carboxylic acids is 2. The number of furan rings is 1. The molecule has 0 unspecified atom stereocenters. The Morgan fingerprint density at radius 2 is 1.86 bits per heavy atom. The average molecular weight is 382 g/mol. The second-order valence-electron chi connectivity index (χ2n) is 6.64. The highest BCUT2D eigenvalue weighted by Crippen LogP contribution is 2.17. The fraction of sp³-hybridized carbons (Fsp3) is 0.381. The first kappa shape index (κ1) is 19.7. The molecular formula is C21H26N4O3. The van der Waals surface area contributed by atoms with E-state index in [1.54, 1.807) is 12.1 Å². The number of nitrogens with one attached hydrogen (secondary N) is 1. The van der Waals surface area contributed by atoms with Crippen molar-refractivity contribution in [3.05, 3.63) is 54.2 Å². The van der Waals surface area contributed by atoms with Crippen molar-refractivity contribution in [2.75, 3.05) is 13.1 Å². The van der Waals surface area contributed by atoms with E-state index in [1.807, 2.05) is 33.7 Å². The predicted molar refractivity (Wildman–Crippen MR) is 107 cm³/mol. The second-order valence-corrected chi connectivity index (χ2v) is 6.64. The van der Waals surface area contributed by atoms with Crippen LogP contribution in [0.25, 0.3) is 11.0 Å². The van der Waals surface area contributed by atoms with Crippen LogP contribution >= 0.6 is 0 Å². The van der Waals surface area contributed by atoms with Gasteiger partial charge in [0.2, 0.25) is 5.91 Å². The number of benzene rings is 1. The van der Waals surface area contributed by atoms with Crippen molar-refractivity contribution in [3.8, 4) is 0 Å². The van der Waals surface area contributed by atoms with Gasteiger partial charge in [-0.15, -0.1) is 0 Å². The zero-order valence-electron chi connectivity index (χ0n) is 16.4. The SMILES string of the molecule is CCCN(CCC)C(=O)Cn1c(CNC(=O)c2ccco2)nc2ccccc21. The van der Waals surface area contributed by atoms with Crippen molar-refractivity contribution < 1.29 is 14.0 Å². The van der Waals surface area contributed by atoms with Crippen molar-refractivity contribution in [3.63, 3.8) is 0 Å². The third kappa shape index (κ3) is 4.42. The summed E-state index contributed by atoms with van der Waals surface area (Å²) in [4.78, 5) is 31.6. The quantitative estimate of drug-likeness (QED) is 0.616. The van der Waals surface area contributed by atoms with Gasteiger partial charge in [-0.3, -0.25) is 9.59 Å². The Labute approximate surface area is 164 Å². The highest BCUT2D eigenvalue weighted by molar-refractivity contribution is 5.91. The zero-order chi connectivity index (χ0) is 19.9. The van der Waals surface area contributed by atoms with Crippen molar-refractivity contribution in [2.24, 2.45) is 0 Å². The molecule has 7 nitrogen and oxygen atoms in total. The van der Waals surface area contributed by atoms with Crippen LogP contribution in [-0.2, 0) is 17.9 Å². The first-order valence-corrected chi connectivity index (χ1v) is 9.67. The molecule has 0 spiro atoms. The number of rotatable bonds is 9. The number of para-hydroxylation sites is 2. The molecule has 0 aliphatic carbocycles. The lowest BCUT2D eigenvalue weighted by Crippen LogP contribution is -2.35. The Bertz CT molecular complexity index is 924. The molecule has 0 aliphatic rings. The van der Waals surface area contributed by atoms with Gasteiger partial charge in [-0.25, -0.2) is 4.98 Å². The fourth-order valence-corrected chi connectivity index (χ4v) is 3.23. The third-order valence-corrected chi connectivity index (χ3v) is 4.52. The van der Waals surface area contributed by atoms with Crippen LogP contribution in [0.5, 0.6) is 0 Å². The molecule has 0 fully saturated rings. The lowest BCUT2D eigenvalue weighted by atomic mass is 10.3. The number of aromatic nitrogens is 2. The summed E-state index contributed by atoms with van der Waals surface area (Å²) in [6.07, 6.45) is 3.30. The summed E-state index contributed by atoms with van der Waals surface area (Å²) in [5.41, 5.74) is 1.68. The van der Waals surface area contributed by atoms with Gasteiger partial charge in [0.25, 0.3) is 5.91 Å². The van der Waals surface area contributed by atoms with E-state index in [9.17, 15) is 9.59 Å². The largest absolute Gasteiger partial charge is 0.459 e. The monoisotopic (exact) mass is 382 g/mol. The standard InChI is InChI=1S/C21H26N4O3/c1-3-11-24(12-4-2)20(26)15-25-17-9-6-5-8-16(17)23-19(25)14-22-21(27)18-10-7-13-28-18/h5-10,13H,3-4,11-12,14-15H2,1-2H3,(H,22,27). The molecule has 28 heavy (non-hydrogen) atoms. The van der Waals surface area contributed by atoms with Crippen LogP contribution in [0.15, 0.2) is 47.1 Å². The second kappa shape index (κ2) is 9.21. The van der Waals surface area contributed by atoms with E-state index in [0.717, 1.165) is 37.0 Å². The Balaban J connectivity index is 1.82. The molecule has 1 N–H and O–H groups in total. The van der Waals surface area contributed by atoms with Crippen LogP contribution in [0, 0.1) is 0 Å². The molecule has 0 saturated heterocycles. The molecule has 0 bridgehead atoms. The van der Waals surface area contributed by atoms with Gasteiger partial charge >= 0.3 is 0 Å². The summed E-state index contributed by atoms with van der Waals surface area (Å²) < 4.78 is 7.01. The summed E-state index contributed by atoms with van der Waals surface area (Å²) in [6.45, 7) is 6.03. The van der Waals surface area contributed by atoms with Crippen molar-refractivity contribution in [1.29, 1.82) is 0 Å². The Hall–Kier alpha value is -3.09. The average Bonchev–Trinajstić information content (AvgIpc) is 3.35. The van der Waals surface area contributed by atoms with Gasteiger partial charge in [0.15, 0.2) is 5.76 Å². The molecule has 0 saturated carbocycles. The number of nitrogens with zero attached hydrogens (tertiary/aromatic N) is 3. The van der Waals surface area contributed by atoms with Gasteiger partial charge in [-0.1, -0.05) is 26.0 Å². The molecule has 0 atom stereocenters. The maximum atomic E-state index is 12.9. The Morgan fingerprint density at radius 3 is 2.54 bits per heavy atom. The van der Waals surface area contributed by atoms with Crippen molar-refractivity contribution in [1.82, 2.24) is 19.8 Å². The molecule has 3 rings (SSSR count). The minimum absolute atomic E-state index is 0.0606. The number of fused-ring (bicyclic) bond motifs is 1. The molecule has 2 amide bonds. The van der Waals surface area contributed by atoms with Crippen molar-refractivity contribution in [2.45, 2.75) is 39.8 Å². The minimum atomic E-state index is -0.312. The van der Waals surface area contributed by atoms with Gasteiger partial charge < -0.3 is 19.2 Å². The molecule has 0 aliphatic heterocycles. The van der Waals surface area contributed by atoms with E-state index in [-0.39, 0.29) is 30.7 Å². The summed E-state index contributed by atoms with van der Waals surface area (Å²) >= 11 is 0. The Morgan fingerprint density at radius 1 is 1.11 bits per heavy atom. The number of carbonyl (C=O) groups is 2. The number of hydrogen-bond acceptors (Lipinski definition) is 4. The number of imidazole rings is 1. The Kier molecular flexibility index (Phi) is 6.47. The van der Waals surface area contributed by atoms with Gasteiger partial charge in [0.05, 0.1) is 23.8 Å². The molecule has 3 aromatic rings. The lowest BCUT2D eigenvalue weighted by molar-refractivity contribution is -0.131. The van der Waals surface area contributed by atoms with Gasteiger partial charge in [-0.05, 0) is 37.1 Å². The van der Waals surface area contributed by atoms with E-state index in [2.05, 4.69) is 24.1 Å². The topological polar surface area (TPSA) is 80.4 Å². The van der Waals surface area contributed by atoms with Crippen LogP contribution < -0.4 is 5.32 Å². The molecule has 2 aromatic heterocycles. The number of amides is 2. The highest BCUT2D eigenvalue weighted by Gasteiger charge is 2.18.